The fraction of sp³-hybridized carbons (Fsp3) is 0.333. The minimum Gasteiger partial charge on any atom is -0.326 e. The summed E-state index contributed by atoms with van der Waals surface area (Å²) in [6.45, 7) is 3.27. The smallest absolute Gasteiger partial charge is 0.326 e. The van der Waals surface area contributed by atoms with Crippen LogP contribution in [0.3, 0.4) is 0 Å². The molecule has 0 bridgehead atoms. The van der Waals surface area contributed by atoms with Gasteiger partial charge in [-0.15, -0.1) is 0 Å². The van der Waals surface area contributed by atoms with Crippen LogP contribution in [0.5, 0.6) is 0 Å². The minimum atomic E-state index is -5.44. The molecule has 166 valence electrons. The molecule has 0 saturated heterocycles. The largest absolute Gasteiger partial charge is 0.425 e. The molecule has 3 rings (SSSR count). The molecule has 0 fully saturated rings. The number of nitrogens with zero attached hydrogens (tertiary/aromatic N) is 1. The van der Waals surface area contributed by atoms with E-state index in [1.54, 1.807) is 24.1 Å². The van der Waals surface area contributed by atoms with Crippen LogP contribution in [0, 0.1) is 5.92 Å². The summed E-state index contributed by atoms with van der Waals surface area (Å²) >= 11 is 11.6. The molecule has 1 aromatic carbocycles. The van der Waals surface area contributed by atoms with E-state index in [1.165, 1.54) is 6.07 Å². The Morgan fingerprint density at radius 2 is 1.87 bits per heavy atom. The van der Waals surface area contributed by atoms with Gasteiger partial charge in [-0.2, -0.15) is 13.2 Å². The van der Waals surface area contributed by atoms with Crippen molar-refractivity contribution in [2.75, 3.05) is 5.32 Å². The molecule has 1 aliphatic rings. The molecule has 1 atom stereocenters. The third kappa shape index (κ3) is 3.72. The Morgan fingerprint density at radius 1 is 1.23 bits per heavy atom. The lowest BCUT2D eigenvalue weighted by atomic mass is 9.91. The summed E-state index contributed by atoms with van der Waals surface area (Å²) in [5.74, 6) is -3.95. The molecule has 2 heterocycles. The van der Waals surface area contributed by atoms with Crippen molar-refractivity contribution in [3.63, 3.8) is 0 Å². The number of aromatic amines is 1. The first-order chi connectivity index (χ1) is 14.3. The number of nitrogens with one attached hydrogen (secondary N) is 3. The van der Waals surface area contributed by atoms with E-state index in [1.807, 2.05) is 5.32 Å². The van der Waals surface area contributed by atoms with Gasteiger partial charge < -0.3 is 10.6 Å². The van der Waals surface area contributed by atoms with Gasteiger partial charge in [-0.05, 0) is 24.1 Å². The number of hydrogen-bond donors (Lipinski definition) is 3. The zero-order valence-electron chi connectivity index (χ0n) is 16.0. The molecule has 0 aliphatic carbocycles. The van der Waals surface area contributed by atoms with Crippen LogP contribution in [-0.2, 0) is 16.9 Å². The van der Waals surface area contributed by atoms with Crippen molar-refractivity contribution >= 4 is 40.8 Å². The highest BCUT2D eigenvalue weighted by Crippen LogP contribution is 2.45. The summed E-state index contributed by atoms with van der Waals surface area (Å²) in [6.07, 6.45) is -5.44. The summed E-state index contributed by atoms with van der Waals surface area (Å²) in [7, 11) is 0. The molecule has 31 heavy (non-hydrogen) atoms. The normalized spacial score (nSPS) is 18.1. The zero-order chi connectivity index (χ0) is 23.3. The highest BCUT2D eigenvalue weighted by Gasteiger charge is 2.68. The Kier molecular flexibility index (Phi) is 5.70. The van der Waals surface area contributed by atoms with Crippen molar-refractivity contribution in [3.8, 4) is 0 Å². The highest BCUT2D eigenvalue weighted by molar-refractivity contribution is 6.36. The topological polar surface area (TPSA) is 113 Å². The monoisotopic (exact) mass is 478 g/mol. The molecule has 1 aliphatic heterocycles. The van der Waals surface area contributed by atoms with E-state index in [0.717, 1.165) is 16.7 Å². The van der Waals surface area contributed by atoms with Crippen LogP contribution in [0.15, 0.2) is 27.8 Å². The molecule has 0 radical (unpaired) electrons. The molecule has 3 N–H and O–H groups in total. The average molecular weight is 479 g/mol. The van der Waals surface area contributed by atoms with Crippen LogP contribution < -0.4 is 21.9 Å². The Hall–Kier alpha value is -2.79. The molecule has 0 spiro atoms. The number of carbonyl (C=O) groups is 2. The fourth-order valence-electron chi connectivity index (χ4n) is 3.28. The van der Waals surface area contributed by atoms with Gasteiger partial charge in [0.15, 0.2) is 0 Å². The zero-order valence-corrected chi connectivity index (χ0v) is 17.5. The molecule has 8 nitrogen and oxygen atoms in total. The van der Waals surface area contributed by atoms with E-state index in [9.17, 15) is 32.3 Å². The van der Waals surface area contributed by atoms with Crippen LogP contribution in [0.4, 0.5) is 19.0 Å². The summed E-state index contributed by atoms with van der Waals surface area (Å²) < 4.78 is 43.7. The fourth-order valence-corrected chi connectivity index (χ4v) is 3.77. The molecule has 2 amide bonds. The first-order valence-corrected chi connectivity index (χ1v) is 9.58. The number of hydrogen-bond acceptors (Lipinski definition) is 4. The first kappa shape index (κ1) is 22.9. The summed E-state index contributed by atoms with van der Waals surface area (Å²) in [4.78, 5) is 51.7. The molecule has 2 aromatic rings. The molecule has 0 saturated carbocycles. The van der Waals surface area contributed by atoms with E-state index >= 15 is 0 Å². The molecular formula is C18H15Cl2F3N4O4. The maximum Gasteiger partial charge on any atom is 0.425 e. The number of halogens is 5. The van der Waals surface area contributed by atoms with E-state index in [-0.39, 0.29) is 22.5 Å². The Morgan fingerprint density at radius 3 is 2.42 bits per heavy atom. The van der Waals surface area contributed by atoms with Crippen LogP contribution in [0.1, 0.15) is 29.8 Å². The molecular weight excluding hydrogens is 464 g/mol. The van der Waals surface area contributed by atoms with E-state index in [2.05, 4.69) is 0 Å². The Labute approximate surface area is 182 Å². The molecule has 13 heteroatoms. The van der Waals surface area contributed by atoms with E-state index in [4.69, 9.17) is 23.2 Å². The van der Waals surface area contributed by atoms with E-state index in [0.29, 0.717) is 0 Å². The van der Waals surface area contributed by atoms with Crippen molar-refractivity contribution in [2.24, 2.45) is 5.92 Å². The van der Waals surface area contributed by atoms with Crippen molar-refractivity contribution in [2.45, 2.75) is 32.1 Å². The number of benzene rings is 1. The maximum absolute atomic E-state index is 14.3. The summed E-state index contributed by atoms with van der Waals surface area (Å²) in [5, 5.41) is 3.43. The first-order valence-electron chi connectivity index (χ1n) is 8.83. The van der Waals surface area contributed by atoms with Crippen LogP contribution in [0.25, 0.3) is 0 Å². The van der Waals surface area contributed by atoms with Gasteiger partial charge in [-0.1, -0.05) is 37.0 Å². The number of alkyl halides is 3. The van der Waals surface area contributed by atoms with Gasteiger partial charge in [0, 0.05) is 11.6 Å². The van der Waals surface area contributed by atoms with Gasteiger partial charge in [0.05, 0.1) is 10.6 Å². The number of fused-ring (bicyclic) bond motifs is 1. The number of carbonyl (C=O) groups excluding carboxylic acids is 2. The number of amides is 2. The highest BCUT2D eigenvalue weighted by atomic mass is 35.5. The second-order valence-electron chi connectivity index (χ2n) is 7.27. The van der Waals surface area contributed by atoms with Gasteiger partial charge >= 0.3 is 11.9 Å². The lowest BCUT2D eigenvalue weighted by Gasteiger charge is -2.30. The predicted octanol–water partition coefficient (Wildman–Crippen LogP) is 2.64. The van der Waals surface area contributed by atoms with Crippen LogP contribution in [0.2, 0.25) is 10.0 Å². The van der Waals surface area contributed by atoms with Gasteiger partial charge in [0.25, 0.3) is 22.9 Å². The maximum atomic E-state index is 14.3. The standard InChI is InChI=1S/C18H15Cl2F3N4O4/c1-7(2)6-27-12-11(14(29)25-16(27)31)17(15(30)24-12,18(21,22)23)26-13(28)9-4-3-8(19)5-10(9)20/h3-5,7H,6H2,1-2H3,(H,24,30)(H,26,28)(H,25,29,31)/t17-/m0/s1. The van der Waals surface area contributed by atoms with Crippen molar-refractivity contribution in [3.05, 3.63) is 60.2 Å². The second-order valence-corrected chi connectivity index (χ2v) is 8.11. The predicted molar refractivity (Wildman–Crippen MR) is 106 cm³/mol. The Bertz CT molecular complexity index is 1210. The number of anilines is 1. The second kappa shape index (κ2) is 7.72. The van der Waals surface area contributed by atoms with E-state index < -0.39 is 51.7 Å². The number of aromatic nitrogens is 2. The number of H-pyrrole nitrogens is 1. The number of rotatable bonds is 4. The Balaban J connectivity index is 2.25. The molecule has 0 unspecified atom stereocenters. The third-order valence-electron chi connectivity index (χ3n) is 4.60. The average Bonchev–Trinajstić information content (AvgIpc) is 2.92. The van der Waals surface area contributed by atoms with Gasteiger partial charge in [0.1, 0.15) is 11.4 Å². The quantitative estimate of drug-likeness (QED) is 0.626. The summed E-state index contributed by atoms with van der Waals surface area (Å²) in [5.41, 5.74) is -7.74. The van der Waals surface area contributed by atoms with Crippen molar-refractivity contribution in [1.82, 2.24) is 14.9 Å². The lowest BCUT2D eigenvalue weighted by molar-refractivity contribution is -0.196. The van der Waals surface area contributed by atoms with Gasteiger partial charge in [-0.3, -0.25) is 23.9 Å². The van der Waals surface area contributed by atoms with Crippen molar-refractivity contribution in [1.29, 1.82) is 0 Å². The third-order valence-corrected chi connectivity index (χ3v) is 5.14. The minimum absolute atomic E-state index is 0.0941. The SMILES string of the molecule is CC(C)Cn1c2c(c(=O)[nH]c1=O)[C@@](NC(=O)c1ccc(Cl)cc1Cl)(C(F)(F)F)C(=O)N2. The van der Waals surface area contributed by atoms with Gasteiger partial charge in [-0.25, -0.2) is 4.79 Å². The summed E-state index contributed by atoms with van der Waals surface area (Å²) in [6, 6.07) is 3.42. The lowest BCUT2D eigenvalue weighted by Crippen LogP contribution is -2.62. The molecule has 1 aromatic heterocycles. The van der Waals surface area contributed by atoms with Gasteiger partial charge in [0.2, 0.25) is 0 Å². The van der Waals surface area contributed by atoms with Crippen LogP contribution >= 0.6 is 23.2 Å². The van der Waals surface area contributed by atoms with Crippen molar-refractivity contribution < 1.29 is 22.8 Å². The van der Waals surface area contributed by atoms with Crippen LogP contribution in [-0.4, -0.2) is 27.5 Å².